The summed E-state index contributed by atoms with van der Waals surface area (Å²) in [4.78, 5) is 10.9. The summed E-state index contributed by atoms with van der Waals surface area (Å²) in [5, 5.41) is 11.5. The molecule has 0 radical (unpaired) electrons. The average Bonchev–Trinajstić information content (AvgIpc) is 2.21. The van der Waals surface area contributed by atoms with Gasteiger partial charge in [0.2, 0.25) is 5.91 Å². The number of aliphatic hydroxyl groups excluding tert-OH is 1. The highest BCUT2D eigenvalue weighted by atomic mass is 19.4. The zero-order valence-corrected chi connectivity index (χ0v) is 10.9. The van der Waals surface area contributed by atoms with Crippen LogP contribution in [-0.2, 0) is 4.79 Å². The molecule has 0 aromatic heterocycles. The van der Waals surface area contributed by atoms with E-state index in [-0.39, 0.29) is 5.91 Å². The second kappa shape index (κ2) is 8.34. The normalized spacial score (nSPS) is 15.2. The summed E-state index contributed by atoms with van der Waals surface area (Å²) >= 11 is 0. The molecule has 2 atom stereocenters. The standard InChI is InChI=1S/C12H22F3NO2/c1-3-4-5-6-7-10(16-9(2)17)8-11(18)12(13,14)15/h10-11,18H,3-8H2,1-2H3,(H,16,17)/t10-,11-/m0/s1. The molecular weight excluding hydrogens is 247 g/mol. The Morgan fingerprint density at radius 3 is 2.33 bits per heavy atom. The summed E-state index contributed by atoms with van der Waals surface area (Å²) < 4.78 is 36.7. The van der Waals surface area contributed by atoms with Crippen molar-refractivity contribution in [3.8, 4) is 0 Å². The highest BCUT2D eigenvalue weighted by molar-refractivity contribution is 5.73. The van der Waals surface area contributed by atoms with Crippen molar-refractivity contribution in [1.82, 2.24) is 5.32 Å². The number of hydrogen-bond acceptors (Lipinski definition) is 2. The number of halogens is 3. The first-order valence-corrected chi connectivity index (χ1v) is 6.29. The minimum absolute atomic E-state index is 0.370. The van der Waals surface area contributed by atoms with Crippen LogP contribution in [0.5, 0.6) is 0 Å². The number of amides is 1. The lowest BCUT2D eigenvalue weighted by Crippen LogP contribution is -2.40. The first-order valence-electron chi connectivity index (χ1n) is 6.29. The number of rotatable bonds is 8. The molecule has 0 aliphatic heterocycles. The van der Waals surface area contributed by atoms with Gasteiger partial charge in [0.25, 0.3) is 0 Å². The number of aliphatic hydroxyl groups is 1. The number of carbonyl (C=O) groups is 1. The molecule has 0 unspecified atom stereocenters. The fourth-order valence-electron chi connectivity index (χ4n) is 1.76. The molecule has 0 rings (SSSR count). The Labute approximate surface area is 106 Å². The second-order valence-corrected chi connectivity index (χ2v) is 4.54. The maximum atomic E-state index is 12.2. The van der Waals surface area contributed by atoms with Gasteiger partial charge in [-0.15, -0.1) is 0 Å². The van der Waals surface area contributed by atoms with Gasteiger partial charge < -0.3 is 10.4 Å². The Morgan fingerprint density at radius 1 is 1.28 bits per heavy atom. The van der Waals surface area contributed by atoms with Crippen LogP contribution in [0.1, 0.15) is 52.4 Å². The van der Waals surface area contributed by atoms with E-state index in [4.69, 9.17) is 5.11 Å². The van der Waals surface area contributed by atoms with Gasteiger partial charge in [0.05, 0.1) is 0 Å². The van der Waals surface area contributed by atoms with Crippen LogP contribution in [0.25, 0.3) is 0 Å². The molecule has 0 heterocycles. The number of hydrogen-bond donors (Lipinski definition) is 2. The van der Waals surface area contributed by atoms with E-state index in [0.29, 0.717) is 6.42 Å². The van der Waals surface area contributed by atoms with Gasteiger partial charge in [-0.1, -0.05) is 32.6 Å². The molecule has 1 amide bonds. The second-order valence-electron chi connectivity index (χ2n) is 4.54. The Hall–Kier alpha value is -0.780. The topological polar surface area (TPSA) is 49.3 Å². The monoisotopic (exact) mass is 269 g/mol. The van der Waals surface area contributed by atoms with Crippen LogP contribution in [0.3, 0.4) is 0 Å². The van der Waals surface area contributed by atoms with Gasteiger partial charge in [-0.05, 0) is 6.42 Å². The van der Waals surface area contributed by atoms with Gasteiger partial charge in [-0.3, -0.25) is 4.79 Å². The predicted molar refractivity (Wildman–Crippen MR) is 63.0 cm³/mol. The molecule has 0 saturated heterocycles. The maximum Gasteiger partial charge on any atom is 0.414 e. The first kappa shape index (κ1) is 17.2. The number of alkyl halides is 3. The molecule has 3 nitrogen and oxygen atoms in total. The SMILES string of the molecule is CCCCCC[C@@H](C[C@H](O)C(F)(F)F)NC(C)=O. The summed E-state index contributed by atoms with van der Waals surface area (Å²) in [5.41, 5.74) is 0. The lowest BCUT2D eigenvalue weighted by Gasteiger charge is -2.22. The van der Waals surface area contributed by atoms with Gasteiger partial charge in [0, 0.05) is 19.4 Å². The smallest absolute Gasteiger partial charge is 0.384 e. The third kappa shape index (κ3) is 8.33. The fourth-order valence-corrected chi connectivity index (χ4v) is 1.76. The molecular formula is C12H22F3NO2. The highest BCUT2D eigenvalue weighted by Gasteiger charge is 2.39. The van der Waals surface area contributed by atoms with Crippen molar-refractivity contribution in [2.45, 2.75) is 70.7 Å². The van der Waals surface area contributed by atoms with Crippen LogP contribution in [0.2, 0.25) is 0 Å². The number of unbranched alkanes of at least 4 members (excludes halogenated alkanes) is 3. The van der Waals surface area contributed by atoms with E-state index in [2.05, 4.69) is 5.32 Å². The van der Waals surface area contributed by atoms with Crippen molar-refractivity contribution >= 4 is 5.91 Å². The first-order chi connectivity index (χ1) is 8.27. The zero-order valence-electron chi connectivity index (χ0n) is 10.9. The van der Waals surface area contributed by atoms with E-state index >= 15 is 0 Å². The van der Waals surface area contributed by atoms with Gasteiger partial charge in [-0.25, -0.2) is 0 Å². The Bertz CT molecular complexity index is 244. The van der Waals surface area contributed by atoms with E-state index in [9.17, 15) is 18.0 Å². The summed E-state index contributed by atoms with van der Waals surface area (Å²) in [6.07, 6.45) is -3.27. The molecule has 18 heavy (non-hydrogen) atoms. The van der Waals surface area contributed by atoms with Crippen LogP contribution in [-0.4, -0.2) is 29.3 Å². The fraction of sp³-hybridized carbons (Fsp3) is 0.917. The molecule has 6 heteroatoms. The minimum Gasteiger partial charge on any atom is -0.384 e. The third-order valence-electron chi connectivity index (χ3n) is 2.70. The Balaban J connectivity index is 4.18. The van der Waals surface area contributed by atoms with E-state index in [1.165, 1.54) is 6.92 Å². The molecule has 2 N–H and O–H groups in total. The van der Waals surface area contributed by atoms with Crippen molar-refractivity contribution in [3.63, 3.8) is 0 Å². The molecule has 0 aliphatic rings. The van der Waals surface area contributed by atoms with Crippen LogP contribution in [0.4, 0.5) is 13.2 Å². The summed E-state index contributed by atoms with van der Waals surface area (Å²) in [5.74, 6) is -0.370. The van der Waals surface area contributed by atoms with Crippen molar-refractivity contribution in [1.29, 1.82) is 0 Å². The Kier molecular flexibility index (Phi) is 7.98. The molecule has 0 spiro atoms. The molecule has 0 saturated carbocycles. The van der Waals surface area contributed by atoms with Gasteiger partial charge >= 0.3 is 6.18 Å². The molecule has 0 aromatic carbocycles. The van der Waals surface area contributed by atoms with E-state index < -0.39 is 24.7 Å². The van der Waals surface area contributed by atoms with Crippen molar-refractivity contribution in [2.75, 3.05) is 0 Å². The summed E-state index contributed by atoms with van der Waals surface area (Å²) in [6, 6.07) is -0.615. The summed E-state index contributed by atoms with van der Waals surface area (Å²) in [6.45, 7) is 3.30. The largest absolute Gasteiger partial charge is 0.414 e. The maximum absolute atomic E-state index is 12.2. The highest BCUT2D eigenvalue weighted by Crippen LogP contribution is 2.24. The quantitative estimate of drug-likeness (QED) is 0.666. The zero-order chi connectivity index (χ0) is 14.2. The average molecular weight is 269 g/mol. The van der Waals surface area contributed by atoms with Gasteiger partial charge in [0.1, 0.15) is 0 Å². The van der Waals surface area contributed by atoms with E-state index in [1.54, 1.807) is 0 Å². The molecule has 0 aliphatic carbocycles. The number of nitrogens with one attached hydrogen (secondary N) is 1. The van der Waals surface area contributed by atoms with Crippen molar-refractivity contribution in [2.24, 2.45) is 0 Å². The number of carbonyl (C=O) groups excluding carboxylic acids is 1. The van der Waals surface area contributed by atoms with Crippen molar-refractivity contribution in [3.05, 3.63) is 0 Å². The third-order valence-corrected chi connectivity index (χ3v) is 2.70. The lowest BCUT2D eigenvalue weighted by atomic mass is 10.0. The molecule has 0 bridgehead atoms. The predicted octanol–water partition coefficient (Wildman–Crippen LogP) is 2.77. The molecule has 108 valence electrons. The molecule has 0 fully saturated rings. The van der Waals surface area contributed by atoms with Crippen molar-refractivity contribution < 1.29 is 23.1 Å². The molecule has 0 aromatic rings. The van der Waals surface area contributed by atoms with Crippen LogP contribution in [0.15, 0.2) is 0 Å². The summed E-state index contributed by atoms with van der Waals surface area (Å²) in [7, 11) is 0. The van der Waals surface area contributed by atoms with Gasteiger partial charge in [0.15, 0.2) is 6.10 Å². The van der Waals surface area contributed by atoms with Crippen LogP contribution >= 0.6 is 0 Å². The van der Waals surface area contributed by atoms with E-state index in [0.717, 1.165) is 25.7 Å². The van der Waals surface area contributed by atoms with Crippen LogP contribution < -0.4 is 5.32 Å². The minimum atomic E-state index is -4.62. The lowest BCUT2D eigenvalue weighted by molar-refractivity contribution is -0.207. The van der Waals surface area contributed by atoms with Crippen LogP contribution in [0, 0.1) is 0 Å². The van der Waals surface area contributed by atoms with Gasteiger partial charge in [-0.2, -0.15) is 13.2 Å². The Morgan fingerprint density at radius 2 is 1.89 bits per heavy atom. The van der Waals surface area contributed by atoms with E-state index in [1.807, 2.05) is 6.92 Å².